The summed E-state index contributed by atoms with van der Waals surface area (Å²) in [6.45, 7) is 2.73. The average molecular weight is 442 g/mol. The number of nitriles is 1. The van der Waals surface area contributed by atoms with Gasteiger partial charge in [0.2, 0.25) is 0 Å². The second kappa shape index (κ2) is 7.52. The van der Waals surface area contributed by atoms with Crippen LogP contribution in [-0.2, 0) is 0 Å². The second-order valence-corrected chi connectivity index (χ2v) is 9.25. The first-order valence-electron chi connectivity index (χ1n) is 11.1. The molecule has 1 aromatic heterocycles. The molecule has 32 heavy (non-hydrogen) atoms. The Labute approximate surface area is 184 Å². The number of rotatable bonds is 7. The van der Waals surface area contributed by atoms with E-state index in [4.69, 9.17) is 15.8 Å². The summed E-state index contributed by atoms with van der Waals surface area (Å²) in [5, 5.41) is 12.1. The van der Waals surface area contributed by atoms with E-state index >= 15 is 4.39 Å². The molecule has 0 radical (unpaired) electrons. The number of halogens is 1. The van der Waals surface area contributed by atoms with Crippen molar-refractivity contribution < 1.29 is 9.13 Å². The third kappa shape index (κ3) is 3.14. The molecule has 3 aliphatic rings. The van der Waals surface area contributed by atoms with Crippen molar-refractivity contribution in [1.82, 2.24) is 14.6 Å². The van der Waals surface area contributed by atoms with Crippen LogP contribution in [0, 0.1) is 28.5 Å². The van der Waals surface area contributed by atoms with Crippen LogP contribution in [0.1, 0.15) is 38.1 Å². The summed E-state index contributed by atoms with van der Waals surface area (Å²) in [5.74, 6) is 5.70. The highest BCUT2D eigenvalue weighted by Crippen LogP contribution is 2.58. The van der Waals surface area contributed by atoms with Gasteiger partial charge in [-0.05, 0) is 43.1 Å². The zero-order valence-electron chi connectivity index (χ0n) is 18.1. The highest BCUT2D eigenvalue weighted by molar-refractivity contribution is 5.91. The Morgan fingerprint density at radius 3 is 2.75 bits per heavy atom. The minimum absolute atomic E-state index is 0.0483. The largest absolute Gasteiger partial charge is 0.492 e. The monoisotopic (exact) mass is 442 g/mol. The molecule has 0 amide bonds. The first kappa shape index (κ1) is 20.8. The lowest BCUT2D eigenvalue weighted by molar-refractivity contribution is 0.377. The minimum Gasteiger partial charge on any atom is -0.492 e. The Morgan fingerprint density at radius 1 is 1.38 bits per heavy atom. The molecule has 170 valence electrons. The molecular formula is C22H27FN6O3. The van der Waals surface area contributed by atoms with E-state index in [0.29, 0.717) is 47.9 Å². The molecule has 1 atom stereocenters. The van der Waals surface area contributed by atoms with Gasteiger partial charge in [-0.1, -0.05) is 0 Å². The average Bonchev–Trinajstić information content (AvgIpc) is 3.69. The molecule has 2 saturated carbocycles. The van der Waals surface area contributed by atoms with Crippen molar-refractivity contribution in [2.75, 3.05) is 44.0 Å². The van der Waals surface area contributed by atoms with Gasteiger partial charge in [-0.15, -0.1) is 0 Å². The molecule has 1 aromatic carbocycles. The van der Waals surface area contributed by atoms with Gasteiger partial charge in [-0.2, -0.15) is 9.94 Å². The molecule has 1 saturated heterocycles. The predicted molar refractivity (Wildman–Crippen MR) is 118 cm³/mol. The third-order valence-corrected chi connectivity index (χ3v) is 7.23. The summed E-state index contributed by atoms with van der Waals surface area (Å²) in [6, 6.07) is 3.25. The maximum atomic E-state index is 15.5. The van der Waals surface area contributed by atoms with Crippen LogP contribution < -0.4 is 32.0 Å². The number of benzene rings is 1. The van der Waals surface area contributed by atoms with Crippen LogP contribution in [-0.4, -0.2) is 42.5 Å². The van der Waals surface area contributed by atoms with Gasteiger partial charge < -0.3 is 20.8 Å². The van der Waals surface area contributed by atoms with Crippen LogP contribution in [0.25, 0.3) is 10.9 Å². The fraction of sp³-hybridized carbons (Fsp3) is 0.591. The number of nitrogens with two attached hydrogens (primary N) is 1. The molecule has 1 aliphatic heterocycles. The number of aromatic nitrogens is 2. The van der Waals surface area contributed by atoms with E-state index in [-0.39, 0.29) is 22.6 Å². The van der Waals surface area contributed by atoms with Crippen LogP contribution in [0.5, 0.6) is 5.75 Å². The number of hydrogen-bond acceptors (Lipinski definition) is 7. The normalized spacial score (nSPS) is 21.3. The topological polar surface area (TPSA) is 118 Å². The van der Waals surface area contributed by atoms with Crippen molar-refractivity contribution in [3.63, 3.8) is 0 Å². The Bertz CT molecular complexity index is 1240. The molecular weight excluding hydrogens is 415 g/mol. The van der Waals surface area contributed by atoms with Gasteiger partial charge in [0.05, 0.1) is 18.6 Å². The predicted octanol–water partition coefficient (Wildman–Crippen LogP) is 1.08. The SMILES string of the molecule is COc1c(N2CC(CNCCC#N)C3(CC3)C2)c(F)cc2c(=O)n(N)c(=O)n(C3CC3)c12. The minimum atomic E-state index is -0.731. The van der Waals surface area contributed by atoms with E-state index in [0.717, 1.165) is 32.2 Å². The second-order valence-electron chi connectivity index (χ2n) is 9.25. The maximum Gasteiger partial charge on any atom is 0.350 e. The van der Waals surface area contributed by atoms with E-state index in [9.17, 15) is 9.59 Å². The summed E-state index contributed by atoms with van der Waals surface area (Å²) in [4.78, 5) is 27.5. The van der Waals surface area contributed by atoms with Gasteiger partial charge >= 0.3 is 5.69 Å². The zero-order valence-corrected chi connectivity index (χ0v) is 18.1. The molecule has 1 unspecified atom stereocenters. The molecule has 2 aromatic rings. The highest BCUT2D eigenvalue weighted by Gasteiger charge is 2.55. The van der Waals surface area contributed by atoms with Gasteiger partial charge in [-0.3, -0.25) is 9.36 Å². The fourth-order valence-electron chi connectivity index (χ4n) is 5.23. The molecule has 2 heterocycles. The molecule has 10 heteroatoms. The van der Waals surface area contributed by atoms with Crippen molar-refractivity contribution in [1.29, 1.82) is 5.26 Å². The van der Waals surface area contributed by atoms with Gasteiger partial charge in [-0.25, -0.2) is 9.18 Å². The van der Waals surface area contributed by atoms with Crippen molar-refractivity contribution in [2.45, 2.75) is 38.1 Å². The standard InChI is InChI=1S/C22H27FN6O3/c1-32-19-17-15(20(30)29(25)21(31)28(17)14-3-4-14)9-16(23)18(19)27-11-13(10-26-8-2-7-24)22(12-27)5-6-22/h9,13-14,26H,2-6,8,10-12,25H2,1H3. The molecule has 3 N–H and O–H groups in total. The number of hydrogen-bond donors (Lipinski definition) is 2. The Morgan fingerprint density at radius 2 is 2.12 bits per heavy atom. The van der Waals surface area contributed by atoms with Crippen molar-refractivity contribution in [3.8, 4) is 11.8 Å². The summed E-state index contributed by atoms with van der Waals surface area (Å²) in [5.41, 5.74) is -0.591. The van der Waals surface area contributed by atoms with Crippen LogP contribution in [0.4, 0.5) is 10.1 Å². The van der Waals surface area contributed by atoms with Gasteiger partial charge in [0, 0.05) is 38.6 Å². The quantitative estimate of drug-likeness (QED) is 0.487. The number of ether oxygens (including phenoxy) is 1. The van der Waals surface area contributed by atoms with Crippen LogP contribution in [0.3, 0.4) is 0 Å². The van der Waals surface area contributed by atoms with Gasteiger partial charge in [0.15, 0.2) is 11.6 Å². The van der Waals surface area contributed by atoms with E-state index in [1.807, 2.05) is 4.90 Å². The molecule has 1 spiro atoms. The Hall–Kier alpha value is -3.06. The van der Waals surface area contributed by atoms with Crippen molar-refractivity contribution in [3.05, 3.63) is 32.7 Å². The molecule has 5 rings (SSSR count). The Balaban J connectivity index is 1.60. The smallest absolute Gasteiger partial charge is 0.350 e. The number of nitrogens with zero attached hydrogens (tertiary/aromatic N) is 4. The van der Waals surface area contributed by atoms with E-state index in [1.165, 1.54) is 17.7 Å². The number of nitrogen functional groups attached to an aromatic ring is 1. The number of anilines is 1. The van der Waals surface area contributed by atoms with Crippen LogP contribution in [0.2, 0.25) is 0 Å². The van der Waals surface area contributed by atoms with Gasteiger partial charge in [0.25, 0.3) is 5.56 Å². The molecule has 3 fully saturated rings. The van der Waals surface area contributed by atoms with Crippen LogP contribution in [0.15, 0.2) is 15.7 Å². The fourth-order valence-corrected chi connectivity index (χ4v) is 5.23. The van der Waals surface area contributed by atoms with E-state index in [2.05, 4.69) is 11.4 Å². The molecule has 0 bridgehead atoms. The van der Waals surface area contributed by atoms with E-state index in [1.54, 1.807) is 0 Å². The highest BCUT2D eigenvalue weighted by atomic mass is 19.1. The lowest BCUT2D eigenvalue weighted by Crippen LogP contribution is -2.44. The molecule has 9 nitrogen and oxygen atoms in total. The Kier molecular flexibility index (Phi) is 4.89. The summed E-state index contributed by atoms with van der Waals surface area (Å²) < 4.78 is 23.2. The van der Waals surface area contributed by atoms with E-state index < -0.39 is 17.1 Å². The lowest BCUT2D eigenvalue weighted by atomic mass is 9.93. The van der Waals surface area contributed by atoms with Crippen molar-refractivity contribution >= 4 is 16.6 Å². The first-order chi connectivity index (χ1) is 15.4. The summed E-state index contributed by atoms with van der Waals surface area (Å²) in [7, 11) is 1.44. The van der Waals surface area contributed by atoms with Gasteiger partial charge in [0.1, 0.15) is 11.2 Å². The first-order valence-corrected chi connectivity index (χ1v) is 11.1. The van der Waals surface area contributed by atoms with Crippen molar-refractivity contribution in [2.24, 2.45) is 11.3 Å². The number of fused-ring (bicyclic) bond motifs is 1. The lowest BCUT2D eigenvalue weighted by Gasteiger charge is -2.24. The van der Waals surface area contributed by atoms with Crippen LogP contribution >= 0.6 is 0 Å². The maximum absolute atomic E-state index is 15.5. The summed E-state index contributed by atoms with van der Waals surface area (Å²) in [6.07, 6.45) is 4.21. The third-order valence-electron chi connectivity index (χ3n) is 7.23. The number of nitrogens with one attached hydrogen (secondary N) is 1. The summed E-state index contributed by atoms with van der Waals surface area (Å²) >= 11 is 0. The zero-order chi connectivity index (χ0) is 22.6. The molecule has 2 aliphatic carbocycles. The number of methoxy groups -OCH3 is 1.